The number of aryl methyl sites for hydroxylation is 1. The minimum Gasteiger partial charge on any atom is -0.305 e. The monoisotopic (exact) mass is 215 g/mol. The maximum atomic E-state index is 4.06. The molecule has 3 nitrogen and oxygen atoms in total. The number of nitrogens with zero attached hydrogens (tertiary/aromatic N) is 3. The SMILES string of the molecule is CC1CCc2nnc(Br)n2C1. The number of fused-ring (bicyclic) bond motifs is 1. The molecule has 0 radical (unpaired) electrons. The topological polar surface area (TPSA) is 30.7 Å². The molecule has 4 heteroatoms. The lowest BCUT2D eigenvalue weighted by atomic mass is 10.0. The molecule has 0 bridgehead atoms. The predicted octanol–water partition coefficient (Wildman–Crippen LogP) is 1.62. The zero-order chi connectivity index (χ0) is 7.84. The van der Waals surface area contributed by atoms with Crippen molar-refractivity contribution in [2.45, 2.75) is 26.3 Å². The van der Waals surface area contributed by atoms with Crippen LogP contribution in [0.3, 0.4) is 0 Å². The molecule has 1 atom stereocenters. The van der Waals surface area contributed by atoms with E-state index in [1.54, 1.807) is 0 Å². The molecule has 1 unspecified atom stereocenters. The molecule has 1 aromatic rings. The highest BCUT2D eigenvalue weighted by atomic mass is 79.9. The second-order valence-corrected chi connectivity index (χ2v) is 3.85. The van der Waals surface area contributed by atoms with Crippen LogP contribution in [0.25, 0.3) is 0 Å². The molecule has 0 saturated carbocycles. The molecular formula is C7H10BrN3. The molecular weight excluding hydrogens is 206 g/mol. The Balaban J connectivity index is 2.37. The number of rotatable bonds is 0. The zero-order valence-electron chi connectivity index (χ0n) is 6.42. The van der Waals surface area contributed by atoms with E-state index in [1.165, 1.54) is 6.42 Å². The van der Waals surface area contributed by atoms with Crippen molar-refractivity contribution >= 4 is 15.9 Å². The minimum atomic E-state index is 0.759. The third kappa shape index (κ3) is 1.20. The summed E-state index contributed by atoms with van der Waals surface area (Å²) in [6.45, 7) is 3.32. The molecule has 11 heavy (non-hydrogen) atoms. The number of aromatic nitrogens is 3. The molecule has 0 spiro atoms. The van der Waals surface area contributed by atoms with Gasteiger partial charge in [0.15, 0.2) is 4.73 Å². The molecule has 0 saturated heterocycles. The molecule has 0 fully saturated rings. The lowest BCUT2D eigenvalue weighted by Crippen LogP contribution is -2.18. The molecule has 2 rings (SSSR count). The van der Waals surface area contributed by atoms with Gasteiger partial charge in [-0.2, -0.15) is 0 Å². The van der Waals surface area contributed by atoms with Crippen molar-refractivity contribution in [3.63, 3.8) is 0 Å². The van der Waals surface area contributed by atoms with Crippen LogP contribution in [-0.4, -0.2) is 14.8 Å². The van der Waals surface area contributed by atoms with E-state index in [9.17, 15) is 0 Å². The zero-order valence-corrected chi connectivity index (χ0v) is 8.00. The maximum absolute atomic E-state index is 4.06. The van der Waals surface area contributed by atoms with Crippen molar-refractivity contribution in [3.8, 4) is 0 Å². The smallest absolute Gasteiger partial charge is 0.200 e. The lowest BCUT2D eigenvalue weighted by molar-refractivity contribution is 0.390. The average molecular weight is 216 g/mol. The van der Waals surface area contributed by atoms with Crippen molar-refractivity contribution in [1.29, 1.82) is 0 Å². The number of hydrogen-bond acceptors (Lipinski definition) is 2. The lowest BCUT2D eigenvalue weighted by Gasteiger charge is -2.19. The largest absolute Gasteiger partial charge is 0.305 e. The molecule has 0 aliphatic carbocycles. The highest BCUT2D eigenvalue weighted by Gasteiger charge is 2.18. The van der Waals surface area contributed by atoms with E-state index in [4.69, 9.17) is 0 Å². The summed E-state index contributed by atoms with van der Waals surface area (Å²) in [4.78, 5) is 0. The Hall–Kier alpha value is -0.380. The van der Waals surface area contributed by atoms with Crippen molar-refractivity contribution in [3.05, 3.63) is 10.6 Å². The van der Waals surface area contributed by atoms with E-state index >= 15 is 0 Å². The Morgan fingerprint density at radius 1 is 1.55 bits per heavy atom. The Labute approximate surface area is 73.9 Å². The Bertz CT molecular complexity index is 269. The third-order valence-electron chi connectivity index (χ3n) is 2.14. The standard InChI is InChI=1S/C7H10BrN3/c1-5-2-3-6-9-10-7(8)11(6)4-5/h5H,2-4H2,1H3. The van der Waals surface area contributed by atoms with Crippen molar-refractivity contribution in [2.24, 2.45) is 5.92 Å². The molecule has 0 aromatic carbocycles. The first-order valence-corrected chi connectivity index (χ1v) is 4.64. The summed E-state index contributed by atoms with van der Waals surface area (Å²) in [6, 6.07) is 0. The molecule has 1 aliphatic rings. The first-order valence-electron chi connectivity index (χ1n) is 3.85. The Kier molecular flexibility index (Phi) is 1.71. The van der Waals surface area contributed by atoms with Crippen molar-refractivity contribution < 1.29 is 0 Å². The van der Waals surface area contributed by atoms with E-state index in [0.717, 1.165) is 29.4 Å². The second kappa shape index (κ2) is 2.59. The van der Waals surface area contributed by atoms with Crippen LogP contribution in [0, 0.1) is 5.92 Å². The maximum Gasteiger partial charge on any atom is 0.200 e. The average Bonchev–Trinajstić information content (AvgIpc) is 2.33. The first kappa shape index (κ1) is 7.28. The van der Waals surface area contributed by atoms with Gasteiger partial charge in [0, 0.05) is 13.0 Å². The fraction of sp³-hybridized carbons (Fsp3) is 0.714. The van der Waals surface area contributed by atoms with E-state index in [0.29, 0.717) is 0 Å². The fourth-order valence-electron chi connectivity index (χ4n) is 1.46. The van der Waals surface area contributed by atoms with Gasteiger partial charge in [0.1, 0.15) is 5.82 Å². The quantitative estimate of drug-likeness (QED) is 0.659. The molecule has 0 amide bonds. The highest BCUT2D eigenvalue weighted by Crippen LogP contribution is 2.21. The third-order valence-corrected chi connectivity index (χ3v) is 2.72. The first-order chi connectivity index (χ1) is 5.27. The van der Waals surface area contributed by atoms with Crippen LogP contribution in [-0.2, 0) is 13.0 Å². The summed E-state index contributed by atoms with van der Waals surface area (Å²) >= 11 is 3.37. The predicted molar refractivity (Wildman–Crippen MR) is 45.2 cm³/mol. The van der Waals surface area contributed by atoms with E-state index in [1.807, 2.05) is 0 Å². The van der Waals surface area contributed by atoms with Crippen LogP contribution >= 0.6 is 15.9 Å². The van der Waals surface area contributed by atoms with Gasteiger partial charge in [0.2, 0.25) is 0 Å². The summed E-state index contributed by atoms with van der Waals surface area (Å²) in [5.41, 5.74) is 0. The van der Waals surface area contributed by atoms with E-state index < -0.39 is 0 Å². The van der Waals surface area contributed by atoms with Crippen molar-refractivity contribution in [1.82, 2.24) is 14.8 Å². The van der Waals surface area contributed by atoms with Gasteiger partial charge < -0.3 is 4.57 Å². The molecule has 1 aromatic heterocycles. The van der Waals surface area contributed by atoms with Crippen LogP contribution in [0.2, 0.25) is 0 Å². The number of halogens is 1. The van der Waals surface area contributed by atoms with Crippen LogP contribution < -0.4 is 0 Å². The van der Waals surface area contributed by atoms with Gasteiger partial charge in [0.25, 0.3) is 0 Å². The van der Waals surface area contributed by atoms with E-state index in [-0.39, 0.29) is 0 Å². The van der Waals surface area contributed by atoms with Crippen LogP contribution in [0.1, 0.15) is 19.2 Å². The minimum absolute atomic E-state index is 0.759. The summed E-state index contributed by atoms with van der Waals surface area (Å²) in [5.74, 6) is 1.88. The van der Waals surface area contributed by atoms with Crippen LogP contribution in [0.4, 0.5) is 0 Å². The van der Waals surface area contributed by atoms with Gasteiger partial charge in [-0.05, 0) is 28.3 Å². The van der Waals surface area contributed by atoms with Crippen LogP contribution in [0.15, 0.2) is 4.73 Å². The summed E-state index contributed by atoms with van der Waals surface area (Å²) in [7, 11) is 0. The van der Waals surface area contributed by atoms with E-state index in [2.05, 4.69) is 37.6 Å². The van der Waals surface area contributed by atoms with Gasteiger partial charge >= 0.3 is 0 Å². The normalized spacial score (nSPS) is 23.3. The molecule has 60 valence electrons. The Morgan fingerprint density at radius 2 is 2.36 bits per heavy atom. The Morgan fingerprint density at radius 3 is 3.18 bits per heavy atom. The molecule has 1 aliphatic heterocycles. The summed E-state index contributed by atoms with van der Waals surface area (Å²) in [5, 5.41) is 8.02. The number of hydrogen-bond donors (Lipinski definition) is 0. The molecule has 0 N–H and O–H groups in total. The van der Waals surface area contributed by atoms with Crippen LogP contribution in [0.5, 0.6) is 0 Å². The van der Waals surface area contributed by atoms with Gasteiger partial charge in [-0.25, -0.2) is 0 Å². The summed E-state index contributed by atoms with van der Waals surface area (Å²) in [6.07, 6.45) is 2.31. The molecule has 2 heterocycles. The fourth-order valence-corrected chi connectivity index (χ4v) is 1.89. The van der Waals surface area contributed by atoms with Gasteiger partial charge in [0.05, 0.1) is 0 Å². The van der Waals surface area contributed by atoms with Crippen molar-refractivity contribution in [2.75, 3.05) is 0 Å². The van der Waals surface area contributed by atoms with Gasteiger partial charge in [-0.3, -0.25) is 0 Å². The highest BCUT2D eigenvalue weighted by molar-refractivity contribution is 9.10. The van der Waals surface area contributed by atoms with Gasteiger partial charge in [-0.1, -0.05) is 6.92 Å². The second-order valence-electron chi connectivity index (χ2n) is 3.14. The van der Waals surface area contributed by atoms with Gasteiger partial charge in [-0.15, -0.1) is 10.2 Å². The summed E-state index contributed by atoms with van der Waals surface area (Å²) < 4.78 is 3.02.